The van der Waals surface area contributed by atoms with Gasteiger partial charge in [0.15, 0.2) is 0 Å². The molecule has 38 heavy (non-hydrogen) atoms. The fourth-order valence-electron chi connectivity index (χ4n) is 7.23. The maximum Gasteiger partial charge on any atom is 0.0719 e. The predicted molar refractivity (Wildman–Crippen MR) is 155 cm³/mol. The summed E-state index contributed by atoms with van der Waals surface area (Å²) in [7, 11) is 0. The van der Waals surface area contributed by atoms with Gasteiger partial charge in [0.05, 0.1) is 17.9 Å². The Hall–Kier alpha value is -4.41. The van der Waals surface area contributed by atoms with E-state index in [4.69, 9.17) is 0 Å². The van der Waals surface area contributed by atoms with Crippen molar-refractivity contribution >= 4 is 0 Å². The smallest absolute Gasteiger partial charge is 0.0719 e. The van der Waals surface area contributed by atoms with Gasteiger partial charge < -0.3 is 0 Å². The van der Waals surface area contributed by atoms with Crippen LogP contribution in [0.1, 0.15) is 61.2 Å². The number of hydrogen-bond donors (Lipinski definition) is 0. The highest BCUT2D eigenvalue weighted by atomic mass is 14.5. The van der Waals surface area contributed by atoms with Gasteiger partial charge in [-0.2, -0.15) is 5.26 Å². The molecule has 0 radical (unpaired) electrons. The summed E-state index contributed by atoms with van der Waals surface area (Å²) in [5, 5.41) is 9.79. The van der Waals surface area contributed by atoms with Gasteiger partial charge in [0.25, 0.3) is 0 Å². The van der Waals surface area contributed by atoms with Gasteiger partial charge in [-0.25, -0.2) is 0 Å². The van der Waals surface area contributed by atoms with E-state index in [2.05, 4.69) is 123 Å². The lowest BCUT2D eigenvalue weighted by Gasteiger charge is -2.40. The molecule has 0 amide bonds. The Bertz CT molecular complexity index is 1720. The highest BCUT2D eigenvalue weighted by Gasteiger charge is 2.49. The summed E-state index contributed by atoms with van der Waals surface area (Å²) < 4.78 is 0. The molecule has 0 saturated heterocycles. The molecule has 182 valence electrons. The fourth-order valence-corrected chi connectivity index (χ4v) is 7.23. The summed E-state index contributed by atoms with van der Waals surface area (Å²) in [6.45, 7) is 4.33. The van der Waals surface area contributed by atoms with Crippen molar-refractivity contribution in [2.75, 3.05) is 0 Å². The molecule has 0 aromatic heterocycles. The Morgan fingerprint density at radius 3 is 1.89 bits per heavy atom. The molecule has 0 atom stereocenters. The van der Waals surface area contributed by atoms with Crippen LogP contribution in [0, 0.1) is 25.2 Å². The number of benzene rings is 5. The second-order valence-corrected chi connectivity index (χ2v) is 11.0. The highest BCUT2D eigenvalue weighted by molar-refractivity contribution is 5.88. The summed E-state index contributed by atoms with van der Waals surface area (Å²) in [6, 6.07) is 40.9. The summed E-state index contributed by atoms with van der Waals surface area (Å²) >= 11 is 0. The van der Waals surface area contributed by atoms with Crippen molar-refractivity contribution in [3.8, 4) is 17.2 Å². The molecule has 0 heterocycles. The minimum atomic E-state index is -0.361. The van der Waals surface area contributed by atoms with Gasteiger partial charge in [-0.3, -0.25) is 0 Å². The van der Waals surface area contributed by atoms with Gasteiger partial charge in [-0.05, 0) is 94.0 Å². The summed E-state index contributed by atoms with van der Waals surface area (Å²) in [6.07, 6.45) is 2.19. The third-order valence-electron chi connectivity index (χ3n) is 8.53. The molecule has 1 nitrogen and oxygen atoms in total. The lowest BCUT2D eigenvalue weighted by Crippen LogP contribution is -2.34. The molecule has 5 aromatic carbocycles. The minimum Gasteiger partial charge on any atom is -0.198 e. The maximum atomic E-state index is 9.79. The normalized spacial score (nSPS) is 13.8. The minimum absolute atomic E-state index is 0.361. The standard InChI is InChI=1S/C37H29N/c1-24-17-25(2)19-26(18-24)20-30-23-36-32(22-27(30)15-16-38)31-11-5-8-14-35(31)37(36)33-12-6-3-9-28(33)21-29-10-4-7-13-34(29)37/h3-14,17-19,22-23H,15,20-21H2,1-2H3. The van der Waals surface area contributed by atoms with Crippen LogP contribution in [-0.4, -0.2) is 0 Å². The van der Waals surface area contributed by atoms with Crippen molar-refractivity contribution in [2.45, 2.75) is 38.5 Å². The molecule has 0 aliphatic heterocycles. The third-order valence-corrected chi connectivity index (χ3v) is 8.53. The van der Waals surface area contributed by atoms with Crippen molar-refractivity contribution < 1.29 is 0 Å². The van der Waals surface area contributed by atoms with Gasteiger partial charge in [0.1, 0.15) is 0 Å². The van der Waals surface area contributed by atoms with E-state index in [0.29, 0.717) is 6.42 Å². The Balaban J connectivity index is 1.56. The van der Waals surface area contributed by atoms with Crippen LogP contribution in [-0.2, 0) is 24.7 Å². The molecule has 7 rings (SSSR count). The SMILES string of the molecule is Cc1cc(C)cc(Cc2cc3c(cc2CC#N)-c2ccccc2C32c3ccccc3Cc3ccccc32)c1. The van der Waals surface area contributed by atoms with E-state index in [1.54, 1.807) is 0 Å². The van der Waals surface area contributed by atoms with Crippen LogP contribution >= 0.6 is 0 Å². The highest BCUT2D eigenvalue weighted by Crippen LogP contribution is 2.59. The van der Waals surface area contributed by atoms with Gasteiger partial charge in [-0.1, -0.05) is 108 Å². The van der Waals surface area contributed by atoms with E-state index in [0.717, 1.165) is 18.4 Å². The van der Waals surface area contributed by atoms with Crippen molar-refractivity contribution in [1.29, 1.82) is 5.26 Å². The second-order valence-electron chi connectivity index (χ2n) is 11.0. The average molecular weight is 488 g/mol. The van der Waals surface area contributed by atoms with Crippen molar-refractivity contribution in [2.24, 2.45) is 0 Å². The van der Waals surface area contributed by atoms with Crippen LogP contribution in [0.25, 0.3) is 11.1 Å². The number of hydrogen-bond acceptors (Lipinski definition) is 1. The van der Waals surface area contributed by atoms with Crippen LogP contribution in [0.2, 0.25) is 0 Å². The topological polar surface area (TPSA) is 23.8 Å². The first kappa shape index (κ1) is 22.8. The van der Waals surface area contributed by atoms with E-state index >= 15 is 0 Å². The first-order valence-electron chi connectivity index (χ1n) is 13.5. The van der Waals surface area contributed by atoms with E-state index in [9.17, 15) is 5.26 Å². The number of fused-ring (bicyclic) bond motifs is 9. The Kier molecular flexibility index (Phi) is 5.14. The van der Waals surface area contributed by atoms with Crippen LogP contribution in [0.15, 0.2) is 103 Å². The lowest BCUT2D eigenvalue weighted by atomic mass is 9.61. The van der Waals surface area contributed by atoms with Crippen LogP contribution < -0.4 is 0 Å². The van der Waals surface area contributed by atoms with E-state index in [1.165, 1.54) is 66.8 Å². The molecule has 2 aliphatic rings. The monoisotopic (exact) mass is 487 g/mol. The zero-order chi connectivity index (χ0) is 25.9. The van der Waals surface area contributed by atoms with E-state index in [1.807, 2.05) is 0 Å². The van der Waals surface area contributed by atoms with Gasteiger partial charge >= 0.3 is 0 Å². The molecular formula is C37H29N. The van der Waals surface area contributed by atoms with Crippen molar-refractivity contribution in [1.82, 2.24) is 0 Å². The van der Waals surface area contributed by atoms with E-state index in [-0.39, 0.29) is 5.41 Å². The first-order valence-corrected chi connectivity index (χ1v) is 13.5. The first-order chi connectivity index (χ1) is 18.6. The van der Waals surface area contributed by atoms with Crippen LogP contribution in [0.5, 0.6) is 0 Å². The molecule has 5 aromatic rings. The summed E-state index contributed by atoms with van der Waals surface area (Å²) in [5.41, 5.74) is 16.7. The third kappa shape index (κ3) is 3.24. The largest absolute Gasteiger partial charge is 0.198 e. The number of rotatable bonds is 3. The summed E-state index contributed by atoms with van der Waals surface area (Å²) in [4.78, 5) is 0. The molecule has 0 unspecified atom stereocenters. The Morgan fingerprint density at radius 1 is 0.632 bits per heavy atom. The summed E-state index contributed by atoms with van der Waals surface area (Å²) in [5.74, 6) is 0. The zero-order valence-corrected chi connectivity index (χ0v) is 21.9. The maximum absolute atomic E-state index is 9.79. The molecule has 0 bridgehead atoms. The average Bonchev–Trinajstić information content (AvgIpc) is 3.19. The van der Waals surface area contributed by atoms with Gasteiger partial charge in [0.2, 0.25) is 0 Å². The van der Waals surface area contributed by atoms with Crippen molar-refractivity contribution in [3.05, 3.63) is 164 Å². The molecule has 0 saturated carbocycles. The second kappa shape index (κ2) is 8.57. The van der Waals surface area contributed by atoms with Gasteiger partial charge in [0, 0.05) is 0 Å². The fraction of sp³-hybridized carbons (Fsp3) is 0.162. The molecule has 0 N–H and O–H groups in total. The number of aryl methyl sites for hydroxylation is 2. The van der Waals surface area contributed by atoms with Gasteiger partial charge in [-0.15, -0.1) is 0 Å². The number of nitriles is 1. The van der Waals surface area contributed by atoms with Crippen molar-refractivity contribution in [3.63, 3.8) is 0 Å². The molecule has 0 fully saturated rings. The molecule has 1 heteroatoms. The number of nitrogens with zero attached hydrogens (tertiary/aromatic N) is 1. The van der Waals surface area contributed by atoms with Crippen LogP contribution in [0.4, 0.5) is 0 Å². The quantitative estimate of drug-likeness (QED) is 0.246. The Labute approximate surface area is 225 Å². The lowest BCUT2D eigenvalue weighted by molar-refractivity contribution is 0.720. The molecule has 1 spiro atoms. The molecule has 2 aliphatic carbocycles. The van der Waals surface area contributed by atoms with Crippen LogP contribution in [0.3, 0.4) is 0 Å². The van der Waals surface area contributed by atoms with E-state index < -0.39 is 0 Å². The zero-order valence-electron chi connectivity index (χ0n) is 21.9. The molecular weight excluding hydrogens is 458 g/mol. The predicted octanol–water partition coefficient (Wildman–Crippen LogP) is 8.23. The Morgan fingerprint density at radius 2 is 1.24 bits per heavy atom.